The molecule has 0 aliphatic heterocycles. The molecule has 2 aromatic rings. The van der Waals surface area contributed by atoms with Crippen molar-refractivity contribution in [3.05, 3.63) is 35.0 Å². The summed E-state index contributed by atoms with van der Waals surface area (Å²) in [4.78, 5) is 14.0. The van der Waals surface area contributed by atoms with Gasteiger partial charge in [-0.2, -0.15) is 0 Å². The molecule has 7 heteroatoms. The van der Waals surface area contributed by atoms with Gasteiger partial charge in [0.15, 0.2) is 4.34 Å². The van der Waals surface area contributed by atoms with Gasteiger partial charge in [0.1, 0.15) is 0 Å². The van der Waals surface area contributed by atoms with E-state index in [4.69, 9.17) is 0 Å². The Hall–Kier alpha value is -1.18. The van der Waals surface area contributed by atoms with Crippen LogP contribution in [0.2, 0.25) is 0 Å². The molecule has 1 aliphatic rings. The predicted octanol–water partition coefficient (Wildman–Crippen LogP) is 4.33. The maximum atomic E-state index is 12.9. The fourth-order valence-electron chi connectivity index (χ4n) is 2.78. The Kier molecular flexibility index (Phi) is 4.95. The number of thiophene rings is 1. The highest BCUT2D eigenvalue weighted by atomic mass is 32.2. The molecule has 0 aromatic carbocycles. The minimum atomic E-state index is -0.381. The van der Waals surface area contributed by atoms with Gasteiger partial charge in [-0.05, 0) is 24.3 Å². The van der Waals surface area contributed by atoms with Gasteiger partial charge in [-0.1, -0.05) is 48.1 Å². The largest absolute Gasteiger partial charge is 0.300 e. The molecule has 2 heterocycles. The highest BCUT2D eigenvalue weighted by Crippen LogP contribution is 2.44. The molecule has 22 heavy (non-hydrogen) atoms. The molecular weight excluding hydrogens is 334 g/mol. The van der Waals surface area contributed by atoms with Crippen molar-refractivity contribution in [2.45, 2.75) is 35.4 Å². The van der Waals surface area contributed by atoms with Crippen molar-refractivity contribution in [1.82, 2.24) is 10.2 Å². The molecule has 0 bridgehead atoms. The van der Waals surface area contributed by atoms with Crippen molar-refractivity contribution in [2.24, 2.45) is 0 Å². The predicted molar refractivity (Wildman–Crippen MR) is 93.9 cm³/mol. The Morgan fingerprint density at radius 2 is 2.27 bits per heavy atom. The van der Waals surface area contributed by atoms with E-state index in [-0.39, 0.29) is 11.3 Å². The molecule has 2 aromatic heterocycles. The first kappa shape index (κ1) is 15.7. The normalized spacial score (nSPS) is 16.5. The standard InChI is InChI=1S/C15H17N3OS3/c1-2-9-21-14-18-17-13(22-14)16-12(19)15(7-3-4-8-15)11-6-5-10-20-11/h2,5-6,10H,1,3-4,7-9H2,(H,16,17,19). The highest BCUT2D eigenvalue weighted by Gasteiger charge is 2.43. The number of nitrogens with zero attached hydrogens (tertiary/aromatic N) is 2. The zero-order chi connectivity index (χ0) is 15.4. The van der Waals surface area contributed by atoms with Gasteiger partial charge in [0.2, 0.25) is 11.0 Å². The minimum absolute atomic E-state index is 0.0591. The zero-order valence-corrected chi connectivity index (χ0v) is 14.5. The summed E-state index contributed by atoms with van der Waals surface area (Å²) >= 11 is 4.66. The van der Waals surface area contributed by atoms with Crippen LogP contribution in [-0.2, 0) is 10.2 Å². The topological polar surface area (TPSA) is 54.9 Å². The third kappa shape index (κ3) is 3.11. The highest BCUT2D eigenvalue weighted by molar-refractivity contribution is 8.01. The van der Waals surface area contributed by atoms with Gasteiger partial charge in [-0.25, -0.2) is 0 Å². The molecule has 0 saturated heterocycles. The second-order valence-corrected chi connectivity index (χ2v) is 8.39. The van der Waals surface area contributed by atoms with Crippen molar-refractivity contribution >= 4 is 45.5 Å². The third-order valence-corrected chi connectivity index (χ3v) is 6.88. The summed E-state index contributed by atoms with van der Waals surface area (Å²) in [6.45, 7) is 3.69. The summed E-state index contributed by atoms with van der Waals surface area (Å²) in [5.41, 5.74) is -0.381. The number of thioether (sulfide) groups is 1. The van der Waals surface area contributed by atoms with Crippen LogP contribution in [0, 0.1) is 0 Å². The Morgan fingerprint density at radius 3 is 2.95 bits per heavy atom. The van der Waals surface area contributed by atoms with Crippen LogP contribution in [0.25, 0.3) is 0 Å². The van der Waals surface area contributed by atoms with Crippen molar-refractivity contribution in [3.8, 4) is 0 Å². The number of carbonyl (C=O) groups is 1. The van der Waals surface area contributed by atoms with Crippen molar-refractivity contribution in [1.29, 1.82) is 0 Å². The lowest BCUT2D eigenvalue weighted by atomic mass is 9.83. The number of aromatic nitrogens is 2. The maximum Gasteiger partial charge on any atom is 0.237 e. The number of anilines is 1. The molecule has 116 valence electrons. The van der Waals surface area contributed by atoms with Crippen LogP contribution in [0.5, 0.6) is 0 Å². The number of rotatable bonds is 6. The van der Waals surface area contributed by atoms with Gasteiger partial charge in [0.25, 0.3) is 0 Å². The number of amides is 1. The van der Waals surface area contributed by atoms with E-state index in [9.17, 15) is 4.79 Å². The number of hydrogen-bond acceptors (Lipinski definition) is 6. The molecule has 0 atom stereocenters. The minimum Gasteiger partial charge on any atom is -0.300 e. The molecule has 0 unspecified atom stereocenters. The summed E-state index contributed by atoms with van der Waals surface area (Å²) in [5.74, 6) is 0.853. The summed E-state index contributed by atoms with van der Waals surface area (Å²) in [6.07, 6.45) is 5.85. The summed E-state index contributed by atoms with van der Waals surface area (Å²) < 4.78 is 0.854. The van der Waals surface area contributed by atoms with E-state index in [1.807, 2.05) is 17.5 Å². The van der Waals surface area contributed by atoms with Gasteiger partial charge in [-0.3, -0.25) is 10.1 Å². The molecular formula is C15H17N3OS3. The average molecular weight is 352 g/mol. The van der Waals surface area contributed by atoms with E-state index in [1.54, 1.807) is 23.1 Å². The van der Waals surface area contributed by atoms with Gasteiger partial charge >= 0.3 is 0 Å². The van der Waals surface area contributed by atoms with Gasteiger partial charge < -0.3 is 0 Å². The first-order valence-corrected chi connectivity index (χ1v) is 9.85. The summed E-state index contributed by atoms with van der Waals surface area (Å²) in [5, 5.41) is 13.8. The average Bonchev–Trinajstić information content (AvgIpc) is 3.25. The molecule has 1 N–H and O–H groups in total. The van der Waals surface area contributed by atoms with Gasteiger partial charge in [-0.15, -0.1) is 28.1 Å². The number of nitrogens with one attached hydrogen (secondary N) is 1. The fraction of sp³-hybridized carbons (Fsp3) is 0.400. The van der Waals surface area contributed by atoms with Crippen LogP contribution in [0.3, 0.4) is 0 Å². The van der Waals surface area contributed by atoms with Crippen LogP contribution in [0.15, 0.2) is 34.5 Å². The summed E-state index contributed by atoms with van der Waals surface area (Å²) in [6, 6.07) is 4.09. The molecule has 0 radical (unpaired) electrons. The first-order chi connectivity index (χ1) is 10.7. The SMILES string of the molecule is C=CCSc1nnc(NC(=O)C2(c3cccs3)CCCC2)s1. The summed E-state index contributed by atoms with van der Waals surface area (Å²) in [7, 11) is 0. The van der Waals surface area contributed by atoms with Crippen LogP contribution in [0.4, 0.5) is 5.13 Å². The molecule has 1 saturated carbocycles. The van der Waals surface area contributed by atoms with Gasteiger partial charge in [0.05, 0.1) is 5.41 Å². The van der Waals surface area contributed by atoms with Crippen molar-refractivity contribution < 1.29 is 4.79 Å². The Balaban J connectivity index is 1.75. The molecule has 1 amide bonds. The van der Waals surface area contributed by atoms with E-state index in [0.29, 0.717) is 5.13 Å². The van der Waals surface area contributed by atoms with Crippen LogP contribution >= 0.6 is 34.4 Å². The van der Waals surface area contributed by atoms with Gasteiger partial charge in [0, 0.05) is 10.6 Å². The lowest BCUT2D eigenvalue weighted by Crippen LogP contribution is -2.37. The lowest BCUT2D eigenvalue weighted by Gasteiger charge is -2.25. The monoisotopic (exact) mass is 351 g/mol. The maximum absolute atomic E-state index is 12.9. The quantitative estimate of drug-likeness (QED) is 0.478. The zero-order valence-electron chi connectivity index (χ0n) is 12.1. The molecule has 1 fully saturated rings. The van der Waals surface area contributed by atoms with E-state index in [0.717, 1.165) is 40.7 Å². The van der Waals surface area contributed by atoms with E-state index >= 15 is 0 Å². The third-order valence-electron chi connectivity index (χ3n) is 3.84. The molecule has 4 nitrogen and oxygen atoms in total. The van der Waals surface area contributed by atoms with E-state index < -0.39 is 0 Å². The number of hydrogen-bond donors (Lipinski definition) is 1. The molecule has 3 rings (SSSR count). The Labute approximate surface area is 142 Å². The Morgan fingerprint density at radius 1 is 1.45 bits per heavy atom. The lowest BCUT2D eigenvalue weighted by molar-refractivity contribution is -0.121. The van der Waals surface area contributed by atoms with E-state index in [1.165, 1.54) is 11.3 Å². The second kappa shape index (κ2) is 6.93. The van der Waals surface area contributed by atoms with E-state index in [2.05, 4.69) is 28.2 Å². The fourth-order valence-corrected chi connectivity index (χ4v) is 5.27. The second-order valence-electron chi connectivity index (χ2n) is 5.19. The molecule has 1 aliphatic carbocycles. The van der Waals surface area contributed by atoms with Crippen molar-refractivity contribution in [2.75, 3.05) is 11.1 Å². The first-order valence-electron chi connectivity index (χ1n) is 7.17. The van der Waals surface area contributed by atoms with Crippen molar-refractivity contribution in [3.63, 3.8) is 0 Å². The molecule has 0 spiro atoms. The Bertz CT molecular complexity index is 645. The van der Waals surface area contributed by atoms with Crippen LogP contribution in [-0.4, -0.2) is 21.9 Å². The van der Waals surface area contributed by atoms with Crippen LogP contribution in [0.1, 0.15) is 30.6 Å². The van der Waals surface area contributed by atoms with Crippen LogP contribution < -0.4 is 5.32 Å². The smallest absolute Gasteiger partial charge is 0.237 e. The number of carbonyl (C=O) groups excluding carboxylic acids is 1.